The third kappa shape index (κ3) is 2.70. The predicted octanol–water partition coefficient (Wildman–Crippen LogP) is 2.17. The topological polar surface area (TPSA) is 64.3 Å². The summed E-state index contributed by atoms with van der Waals surface area (Å²) in [7, 11) is 0. The number of anilines is 1. The van der Waals surface area contributed by atoms with E-state index >= 15 is 0 Å². The van der Waals surface area contributed by atoms with Crippen LogP contribution in [0.1, 0.15) is 12.8 Å². The van der Waals surface area contributed by atoms with Crippen LogP contribution < -0.4 is 15.8 Å². The first kappa shape index (κ1) is 13.2. The van der Waals surface area contributed by atoms with Crippen molar-refractivity contribution in [1.82, 2.24) is 0 Å². The lowest BCUT2D eigenvalue weighted by molar-refractivity contribution is -0.120. The van der Waals surface area contributed by atoms with Gasteiger partial charge in [-0.2, -0.15) is 0 Å². The smallest absolute Gasteiger partial charge is 0.228 e. The van der Waals surface area contributed by atoms with Crippen LogP contribution >= 0.6 is 0 Å². The Labute approximate surface area is 119 Å². The number of carbonyl (C=O) groups is 1. The minimum atomic E-state index is 0.123. The molecule has 0 spiro atoms. The molecule has 1 aromatic rings. The van der Waals surface area contributed by atoms with Crippen LogP contribution in [0.3, 0.4) is 0 Å². The molecule has 4 heteroatoms. The quantitative estimate of drug-likeness (QED) is 0.807. The summed E-state index contributed by atoms with van der Waals surface area (Å²) in [6, 6.07) is 7.47. The second-order valence-electron chi connectivity index (χ2n) is 5.54. The summed E-state index contributed by atoms with van der Waals surface area (Å²) in [5.74, 6) is 2.02. The van der Waals surface area contributed by atoms with E-state index in [2.05, 4.69) is 17.5 Å². The third-order valence-electron chi connectivity index (χ3n) is 4.10. The second-order valence-corrected chi connectivity index (χ2v) is 5.54. The van der Waals surface area contributed by atoms with E-state index in [0.29, 0.717) is 25.0 Å². The highest BCUT2D eigenvalue weighted by Crippen LogP contribution is 2.43. The van der Waals surface area contributed by atoms with E-state index in [-0.39, 0.29) is 11.8 Å². The Morgan fingerprint density at radius 2 is 2.25 bits per heavy atom. The number of amides is 1. The fourth-order valence-corrected chi connectivity index (χ4v) is 3.16. The van der Waals surface area contributed by atoms with Gasteiger partial charge in [0.25, 0.3) is 0 Å². The molecular weight excluding hydrogens is 252 g/mol. The lowest BCUT2D eigenvalue weighted by Crippen LogP contribution is -2.25. The average molecular weight is 272 g/mol. The summed E-state index contributed by atoms with van der Waals surface area (Å²) in [4.78, 5) is 12.3. The third-order valence-corrected chi connectivity index (χ3v) is 4.10. The molecule has 1 fully saturated rings. The fourth-order valence-electron chi connectivity index (χ4n) is 3.16. The summed E-state index contributed by atoms with van der Waals surface area (Å²) >= 11 is 0. The van der Waals surface area contributed by atoms with Crippen molar-refractivity contribution in [3.8, 4) is 5.75 Å². The van der Waals surface area contributed by atoms with Gasteiger partial charge < -0.3 is 15.8 Å². The lowest BCUT2D eigenvalue weighted by Gasteiger charge is -2.17. The molecule has 3 rings (SSSR count). The Hall–Kier alpha value is -1.81. The highest BCUT2D eigenvalue weighted by molar-refractivity contribution is 5.93. The summed E-state index contributed by atoms with van der Waals surface area (Å²) in [5, 5.41) is 3.00. The van der Waals surface area contributed by atoms with Crippen LogP contribution in [0, 0.1) is 17.8 Å². The van der Waals surface area contributed by atoms with Gasteiger partial charge in [0.05, 0.1) is 0 Å². The molecule has 0 aromatic heterocycles. The first-order valence-corrected chi connectivity index (χ1v) is 7.18. The zero-order chi connectivity index (χ0) is 13.9. The second kappa shape index (κ2) is 5.67. The molecule has 3 atom stereocenters. The van der Waals surface area contributed by atoms with Crippen LogP contribution in [-0.2, 0) is 4.79 Å². The van der Waals surface area contributed by atoms with Crippen molar-refractivity contribution in [2.45, 2.75) is 12.8 Å². The van der Waals surface area contributed by atoms with Crippen molar-refractivity contribution in [2.75, 3.05) is 18.5 Å². The van der Waals surface area contributed by atoms with Gasteiger partial charge in [-0.05, 0) is 36.8 Å². The Morgan fingerprint density at radius 1 is 1.35 bits per heavy atom. The Bertz CT molecular complexity index is 527. The van der Waals surface area contributed by atoms with Crippen LogP contribution in [0.15, 0.2) is 36.4 Å². The number of allylic oxidation sites excluding steroid dienone is 2. The van der Waals surface area contributed by atoms with E-state index in [1.807, 2.05) is 24.3 Å². The van der Waals surface area contributed by atoms with Gasteiger partial charge in [-0.15, -0.1) is 0 Å². The molecule has 1 saturated carbocycles. The maximum Gasteiger partial charge on any atom is 0.228 e. The van der Waals surface area contributed by atoms with Crippen LogP contribution in [0.25, 0.3) is 0 Å². The van der Waals surface area contributed by atoms with Gasteiger partial charge in [0, 0.05) is 24.2 Å². The maximum atomic E-state index is 12.3. The molecule has 3 unspecified atom stereocenters. The van der Waals surface area contributed by atoms with Crippen LogP contribution in [0.2, 0.25) is 0 Å². The number of fused-ring (bicyclic) bond motifs is 2. The fraction of sp³-hybridized carbons (Fsp3) is 0.438. The Kier molecular flexibility index (Phi) is 3.74. The minimum absolute atomic E-state index is 0.123. The van der Waals surface area contributed by atoms with E-state index in [4.69, 9.17) is 10.5 Å². The van der Waals surface area contributed by atoms with E-state index in [1.54, 1.807) is 0 Å². The van der Waals surface area contributed by atoms with Gasteiger partial charge in [0.15, 0.2) is 0 Å². The van der Waals surface area contributed by atoms with E-state index in [1.165, 1.54) is 0 Å². The zero-order valence-corrected chi connectivity index (χ0v) is 11.4. The van der Waals surface area contributed by atoms with Crippen molar-refractivity contribution in [3.63, 3.8) is 0 Å². The first-order valence-electron chi connectivity index (χ1n) is 7.18. The van der Waals surface area contributed by atoms with Gasteiger partial charge in [-0.25, -0.2) is 0 Å². The molecule has 1 amide bonds. The molecule has 2 aliphatic rings. The number of hydrogen-bond acceptors (Lipinski definition) is 3. The minimum Gasteiger partial charge on any atom is -0.492 e. The normalized spacial score (nSPS) is 26.8. The van der Waals surface area contributed by atoms with Gasteiger partial charge in [0.2, 0.25) is 5.91 Å². The van der Waals surface area contributed by atoms with Crippen molar-refractivity contribution in [1.29, 1.82) is 0 Å². The Morgan fingerprint density at radius 3 is 2.95 bits per heavy atom. The Balaban J connectivity index is 1.62. The molecule has 2 aliphatic carbocycles. The number of hydrogen-bond donors (Lipinski definition) is 2. The van der Waals surface area contributed by atoms with Gasteiger partial charge >= 0.3 is 0 Å². The summed E-state index contributed by atoms with van der Waals surface area (Å²) in [6.45, 7) is 0.961. The molecule has 0 saturated heterocycles. The zero-order valence-electron chi connectivity index (χ0n) is 11.4. The van der Waals surface area contributed by atoms with Gasteiger partial charge in [-0.1, -0.05) is 18.2 Å². The number of benzene rings is 1. The SMILES string of the molecule is NCCOc1cccc(NC(=O)C2CC3C=CC2C3)c1. The number of nitrogens with two attached hydrogens (primary N) is 1. The molecule has 0 heterocycles. The first-order chi connectivity index (χ1) is 9.76. The van der Waals surface area contributed by atoms with Crippen LogP contribution in [0.4, 0.5) is 5.69 Å². The number of rotatable bonds is 5. The number of carbonyl (C=O) groups excluding carboxylic acids is 1. The van der Waals surface area contributed by atoms with Crippen molar-refractivity contribution in [2.24, 2.45) is 23.5 Å². The summed E-state index contributed by atoms with van der Waals surface area (Å²) in [5.41, 5.74) is 6.20. The molecule has 4 nitrogen and oxygen atoms in total. The lowest BCUT2D eigenvalue weighted by atomic mass is 9.93. The van der Waals surface area contributed by atoms with Crippen LogP contribution in [-0.4, -0.2) is 19.1 Å². The molecule has 2 bridgehead atoms. The molecular formula is C16H20N2O2. The van der Waals surface area contributed by atoms with Crippen LogP contribution in [0.5, 0.6) is 5.75 Å². The monoisotopic (exact) mass is 272 g/mol. The van der Waals surface area contributed by atoms with Crippen molar-refractivity contribution in [3.05, 3.63) is 36.4 Å². The standard InChI is InChI=1S/C16H20N2O2/c17-6-7-20-14-3-1-2-13(10-14)18-16(19)15-9-11-4-5-12(15)8-11/h1-5,10-12,15H,6-9,17H2,(H,18,19). The van der Waals surface area contributed by atoms with Crippen molar-refractivity contribution >= 4 is 11.6 Å². The predicted molar refractivity (Wildman–Crippen MR) is 78.5 cm³/mol. The summed E-state index contributed by atoms with van der Waals surface area (Å²) < 4.78 is 5.46. The molecule has 0 aliphatic heterocycles. The highest BCUT2D eigenvalue weighted by Gasteiger charge is 2.39. The van der Waals surface area contributed by atoms with E-state index in [9.17, 15) is 4.79 Å². The van der Waals surface area contributed by atoms with E-state index in [0.717, 1.165) is 24.3 Å². The van der Waals surface area contributed by atoms with E-state index < -0.39 is 0 Å². The largest absolute Gasteiger partial charge is 0.492 e. The number of ether oxygens (including phenoxy) is 1. The number of nitrogens with one attached hydrogen (secondary N) is 1. The molecule has 1 aromatic carbocycles. The highest BCUT2D eigenvalue weighted by atomic mass is 16.5. The van der Waals surface area contributed by atoms with Gasteiger partial charge in [0.1, 0.15) is 12.4 Å². The average Bonchev–Trinajstić information content (AvgIpc) is 3.08. The maximum absolute atomic E-state index is 12.3. The molecule has 3 N–H and O–H groups in total. The van der Waals surface area contributed by atoms with Gasteiger partial charge in [-0.3, -0.25) is 4.79 Å². The molecule has 20 heavy (non-hydrogen) atoms. The molecule has 0 radical (unpaired) electrons. The summed E-state index contributed by atoms with van der Waals surface area (Å²) in [6.07, 6.45) is 6.56. The van der Waals surface area contributed by atoms with Crippen molar-refractivity contribution < 1.29 is 9.53 Å². The molecule has 106 valence electrons.